The molecule has 0 bridgehead atoms. The summed E-state index contributed by atoms with van der Waals surface area (Å²) in [6.07, 6.45) is 3.26. The topological polar surface area (TPSA) is 94.5 Å². The van der Waals surface area contributed by atoms with Crippen LogP contribution in [-0.4, -0.2) is 24.7 Å². The van der Waals surface area contributed by atoms with Crippen molar-refractivity contribution in [2.75, 3.05) is 5.43 Å². The molecular weight excluding hydrogens is 214 g/mol. The number of aromatic nitrogens is 5. The zero-order valence-corrected chi connectivity index (χ0v) is 8.77. The molecule has 2 aromatic heterocycles. The number of hydrogen-bond donors (Lipinski definition) is 2. The molecule has 0 saturated carbocycles. The van der Waals surface area contributed by atoms with Gasteiger partial charge in [0.25, 0.3) is 0 Å². The second-order valence-electron chi connectivity index (χ2n) is 2.69. The lowest BCUT2D eigenvalue weighted by molar-refractivity contribution is 0.787. The highest BCUT2D eigenvalue weighted by molar-refractivity contribution is 7.99. The molecule has 0 fully saturated rings. The van der Waals surface area contributed by atoms with Crippen molar-refractivity contribution in [1.29, 1.82) is 0 Å². The van der Waals surface area contributed by atoms with E-state index in [0.29, 0.717) is 5.95 Å². The van der Waals surface area contributed by atoms with Gasteiger partial charge in [0, 0.05) is 13.2 Å². The first-order valence-corrected chi connectivity index (χ1v) is 4.93. The Morgan fingerprint density at radius 3 is 3.07 bits per heavy atom. The van der Waals surface area contributed by atoms with Crippen molar-refractivity contribution in [3.8, 4) is 0 Å². The van der Waals surface area contributed by atoms with E-state index in [-0.39, 0.29) is 0 Å². The lowest BCUT2D eigenvalue weighted by atomic mass is 10.7. The molecular formula is C7H9N7S. The average Bonchev–Trinajstić information content (AvgIpc) is 2.65. The summed E-state index contributed by atoms with van der Waals surface area (Å²) in [7, 11) is 1.87. The highest BCUT2D eigenvalue weighted by Gasteiger charge is 2.05. The van der Waals surface area contributed by atoms with Crippen LogP contribution in [0.15, 0.2) is 28.8 Å². The average molecular weight is 223 g/mol. The maximum atomic E-state index is 5.20. The number of rotatable bonds is 3. The number of hydrazine groups is 1. The van der Waals surface area contributed by atoms with Gasteiger partial charge in [-0.25, -0.2) is 15.8 Å². The van der Waals surface area contributed by atoms with Gasteiger partial charge in [-0.2, -0.15) is 0 Å². The molecule has 0 aliphatic carbocycles. The van der Waals surface area contributed by atoms with Gasteiger partial charge in [-0.05, 0) is 17.8 Å². The van der Waals surface area contributed by atoms with E-state index in [9.17, 15) is 0 Å². The van der Waals surface area contributed by atoms with Gasteiger partial charge >= 0.3 is 0 Å². The first kappa shape index (κ1) is 9.87. The van der Waals surface area contributed by atoms with Crippen LogP contribution < -0.4 is 11.3 Å². The maximum absolute atomic E-state index is 5.20. The van der Waals surface area contributed by atoms with Crippen molar-refractivity contribution < 1.29 is 0 Å². The van der Waals surface area contributed by atoms with Crippen LogP contribution in [0, 0.1) is 0 Å². The number of hydrogen-bond acceptors (Lipinski definition) is 7. The summed E-state index contributed by atoms with van der Waals surface area (Å²) in [6, 6.07) is 1.78. The Kier molecular flexibility index (Phi) is 2.79. The molecule has 15 heavy (non-hydrogen) atoms. The predicted molar refractivity (Wildman–Crippen MR) is 55.0 cm³/mol. The van der Waals surface area contributed by atoms with Crippen LogP contribution in [0.3, 0.4) is 0 Å². The van der Waals surface area contributed by atoms with Crippen LogP contribution in [0.5, 0.6) is 0 Å². The fraction of sp³-hybridized carbons (Fsp3) is 0.143. The lowest BCUT2D eigenvalue weighted by Crippen LogP contribution is -2.10. The highest BCUT2D eigenvalue weighted by Crippen LogP contribution is 2.23. The van der Waals surface area contributed by atoms with Gasteiger partial charge in [-0.3, -0.25) is 5.43 Å². The van der Waals surface area contributed by atoms with E-state index in [1.807, 2.05) is 11.6 Å². The molecule has 0 atom stereocenters. The number of anilines is 1. The maximum Gasteiger partial charge on any atom is 0.238 e. The minimum Gasteiger partial charge on any atom is -0.311 e. The third-order valence-electron chi connectivity index (χ3n) is 1.62. The third kappa shape index (κ3) is 2.22. The van der Waals surface area contributed by atoms with E-state index in [4.69, 9.17) is 5.84 Å². The lowest BCUT2D eigenvalue weighted by Gasteiger charge is -2.01. The van der Waals surface area contributed by atoms with Crippen LogP contribution in [0.2, 0.25) is 0 Å². The molecule has 0 saturated heterocycles. The monoisotopic (exact) mass is 223 g/mol. The molecule has 3 N–H and O–H groups in total. The fourth-order valence-corrected chi connectivity index (χ4v) is 1.65. The van der Waals surface area contributed by atoms with Crippen LogP contribution in [0.25, 0.3) is 0 Å². The molecule has 8 heteroatoms. The van der Waals surface area contributed by atoms with Gasteiger partial charge < -0.3 is 4.57 Å². The summed E-state index contributed by atoms with van der Waals surface area (Å²) in [5.41, 5.74) is 2.38. The number of nitrogen functional groups attached to an aromatic ring is 1. The molecule has 0 amide bonds. The molecule has 0 radical (unpaired) electrons. The van der Waals surface area contributed by atoms with E-state index in [1.54, 1.807) is 18.6 Å². The quantitative estimate of drug-likeness (QED) is 0.431. The van der Waals surface area contributed by atoms with Gasteiger partial charge in [0.2, 0.25) is 5.95 Å². The van der Waals surface area contributed by atoms with E-state index in [0.717, 1.165) is 10.2 Å². The van der Waals surface area contributed by atoms with Gasteiger partial charge in [-0.1, -0.05) is 0 Å². The third-order valence-corrected chi connectivity index (χ3v) is 2.61. The van der Waals surface area contributed by atoms with Crippen molar-refractivity contribution in [2.24, 2.45) is 12.9 Å². The minimum absolute atomic E-state index is 0.377. The SMILES string of the molecule is Cn1cnnc1Sc1ccnc(NN)n1. The molecule has 7 nitrogen and oxygen atoms in total. The number of nitrogens with zero attached hydrogens (tertiary/aromatic N) is 5. The van der Waals surface area contributed by atoms with Gasteiger partial charge in [0.1, 0.15) is 11.4 Å². The Labute approximate surface area is 90.1 Å². The van der Waals surface area contributed by atoms with Crippen LogP contribution in [0.4, 0.5) is 5.95 Å². The molecule has 2 rings (SSSR count). The van der Waals surface area contributed by atoms with Crippen LogP contribution in [-0.2, 0) is 7.05 Å². The Morgan fingerprint density at radius 1 is 1.53 bits per heavy atom. The molecule has 0 aliphatic rings. The van der Waals surface area contributed by atoms with Crippen LogP contribution >= 0.6 is 11.8 Å². The van der Waals surface area contributed by atoms with Crippen LogP contribution in [0.1, 0.15) is 0 Å². The smallest absolute Gasteiger partial charge is 0.238 e. The Morgan fingerprint density at radius 2 is 2.40 bits per heavy atom. The number of nitrogens with two attached hydrogens (primary N) is 1. The second-order valence-corrected chi connectivity index (χ2v) is 3.68. The fourth-order valence-electron chi connectivity index (χ4n) is 0.927. The summed E-state index contributed by atoms with van der Waals surface area (Å²) >= 11 is 1.39. The van der Waals surface area contributed by atoms with Crippen molar-refractivity contribution in [3.63, 3.8) is 0 Å². The van der Waals surface area contributed by atoms with Crippen molar-refractivity contribution >= 4 is 17.7 Å². The van der Waals surface area contributed by atoms with Gasteiger partial charge in [-0.15, -0.1) is 10.2 Å². The zero-order chi connectivity index (χ0) is 10.7. The summed E-state index contributed by atoms with van der Waals surface area (Å²) in [5.74, 6) is 5.58. The first-order chi connectivity index (χ1) is 7.29. The molecule has 2 aromatic rings. The van der Waals surface area contributed by atoms with E-state index >= 15 is 0 Å². The van der Waals surface area contributed by atoms with Crippen molar-refractivity contribution in [1.82, 2.24) is 24.7 Å². The standard InChI is InChI=1S/C7H9N7S/c1-14-4-10-13-7(14)15-5-2-3-9-6(11-5)12-8/h2-4H,8H2,1H3,(H,9,11,12). The summed E-state index contributed by atoms with van der Waals surface area (Å²) < 4.78 is 1.81. The molecule has 0 aromatic carbocycles. The normalized spacial score (nSPS) is 10.3. The van der Waals surface area contributed by atoms with Gasteiger partial charge in [0.05, 0.1) is 0 Å². The first-order valence-electron chi connectivity index (χ1n) is 4.11. The number of nitrogens with one attached hydrogen (secondary N) is 1. The number of aryl methyl sites for hydroxylation is 1. The van der Waals surface area contributed by atoms with E-state index < -0.39 is 0 Å². The second kappa shape index (κ2) is 4.24. The largest absolute Gasteiger partial charge is 0.311 e. The van der Waals surface area contributed by atoms with E-state index in [1.165, 1.54) is 11.8 Å². The Hall–Kier alpha value is -1.67. The summed E-state index contributed by atoms with van der Waals surface area (Å²) in [6.45, 7) is 0. The Balaban J connectivity index is 2.21. The molecule has 2 heterocycles. The zero-order valence-electron chi connectivity index (χ0n) is 7.95. The summed E-state index contributed by atoms with van der Waals surface area (Å²) in [5, 5.41) is 9.22. The molecule has 0 spiro atoms. The minimum atomic E-state index is 0.377. The van der Waals surface area contributed by atoms with E-state index in [2.05, 4.69) is 25.6 Å². The molecule has 0 aliphatic heterocycles. The molecule has 0 unspecified atom stereocenters. The summed E-state index contributed by atoms with van der Waals surface area (Å²) in [4.78, 5) is 8.05. The van der Waals surface area contributed by atoms with Gasteiger partial charge in [0.15, 0.2) is 5.16 Å². The highest BCUT2D eigenvalue weighted by atomic mass is 32.2. The molecule has 78 valence electrons. The van der Waals surface area contributed by atoms with Crippen molar-refractivity contribution in [3.05, 3.63) is 18.6 Å². The predicted octanol–water partition coefficient (Wildman–Crippen LogP) is 0.0419. The Bertz CT molecular complexity index is 454. The van der Waals surface area contributed by atoms with Crippen molar-refractivity contribution in [2.45, 2.75) is 10.2 Å².